The van der Waals surface area contributed by atoms with Crippen LogP contribution in [0.15, 0.2) is 6.20 Å². The molecule has 5 heteroatoms. The van der Waals surface area contributed by atoms with Gasteiger partial charge in [0, 0.05) is 25.2 Å². The number of fused-ring (bicyclic) bond motifs is 1. The van der Waals surface area contributed by atoms with Crippen LogP contribution in [0.1, 0.15) is 12.0 Å². The molecule has 0 aliphatic carbocycles. The van der Waals surface area contributed by atoms with Gasteiger partial charge in [-0.15, -0.1) is 0 Å². The molecule has 0 spiro atoms. The molecule has 0 fully saturated rings. The monoisotopic (exact) mass is 167 g/mol. The summed E-state index contributed by atoms with van der Waals surface area (Å²) in [7, 11) is 0. The second kappa shape index (κ2) is 3.12. The molecular formula is C7H13N5. The predicted molar refractivity (Wildman–Crippen MR) is 46.4 cm³/mol. The van der Waals surface area contributed by atoms with Crippen molar-refractivity contribution in [2.45, 2.75) is 19.5 Å². The number of hydrazine groups is 1. The van der Waals surface area contributed by atoms with Gasteiger partial charge in [0.25, 0.3) is 0 Å². The van der Waals surface area contributed by atoms with E-state index in [1.807, 2.05) is 10.9 Å². The van der Waals surface area contributed by atoms with Gasteiger partial charge in [-0.05, 0) is 6.42 Å². The summed E-state index contributed by atoms with van der Waals surface area (Å²) in [5, 5.41) is 7.53. The van der Waals surface area contributed by atoms with Crippen molar-refractivity contribution in [2.24, 2.45) is 5.84 Å². The lowest BCUT2D eigenvalue weighted by Gasteiger charge is -2.16. The van der Waals surface area contributed by atoms with Crippen LogP contribution >= 0.6 is 0 Å². The number of aromatic nitrogens is 2. The molecule has 0 aromatic carbocycles. The summed E-state index contributed by atoms with van der Waals surface area (Å²) >= 11 is 0. The molecule has 4 N–H and O–H groups in total. The Kier molecular flexibility index (Phi) is 1.97. The first-order valence-electron chi connectivity index (χ1n) is 4.14. The smallest absolute Gasteiger partial charge is 0.128 e. The van der Waals surface area contributed by atoms with Gasteiger partial charge in [0.2, 0.25) is 0 Å². The fraction of sp³-hybridized carbons (Fsp3) is 0.571. The molecule has 0 unspecified atom stereocenters. The third kappa shape index (κ3) is 1.17. The van der Waals surface area contributed by atoms with Crippen LogP contribution in [0.25, 0.3) is 0 Å². The zero-order valence-electron chi connectivity index (χ0n) is 6.88. The summed E-state index contributed by atoms with van der Waals surface area (Å²) in [6.07, 6.45) is 3.00. The van der Waals surface area contributed by atoms with E-state index in [1.165, 1.54) is 0 Å². The minimum absolute atomic E-state index is 0.669. The van der Waals surface area contributed by atoms with E-state index in [4.69, 9.17) is 5.84 Å². The first-order chi connectivity index (χ1) is 5.92. The van der Waals surface area contributed by atoms with Crippen molar-refractivity contribution >= 4 is 5.82 Å². The molecule has 1 aliphatic rings. The van der Waals surface area contributed by atoms with Crippen molar-refractivity contribution < 1.29 is 0 Å². The Morgan fingerprint density at radius 2 is 2.67 bits per heavy atom. The first kappa shape index (κ1) is 7.57. The maximum absolute atomic E-state index is 5.24. The quantitative estimate of drug-likeness (QED) is 0.416. The molecule has 1 aromatic rings. The van der Waals surface area contributed by atoms with Crippen molar-refractivity contribution in [3.05, 3.63) is 11.8 Å². The summed E-state index contributed by atoms with van der Waals surface area (Å²) in [6, 6.07) is 0. The van der Waals surface area contributed by atoms with Crippen molar-refractivity contribution in [3.8, 4) is 0 Å². The van der Waals surface area contributed by atoms with Gasteiger partial charge in [-0.1, -0.05) is 0 Å². The van der Waals surface area contributed by atoms with E-state index in [0.29, 0.717) is 6.54 Å². The molecule has 0 saturated heterocycles. The van der Waals surface area contributed by atoms with E-state index in [9.17, 15) is 0 Å². The molecule has 2 heterocycles. The highest BCUT2D eigenvalue weighted by Crippen LogP contribution is 2.18. The van der Waals surface area contributed by atoms with Crippen LogP contribution in [-0.2, 0) is 13.1 Å². The topological polar surface area (TPSA) is 67.9 Å². The SMILES string of the molecule is NNCc1cnn2c1NCCC2. The minimum atomic E-state index is 0.669. The number of rotatable bonds is 2. The van der Waals surface area contributed by atoms with E-state index in [1.54, 1.807) is 0 Å². The Balaban J connectivity index is 2.25. The highest BCUT2D eigenvalue weighted by molar-refractivity contribution is 5.44. The average Bonchev–Trinajstić information content (AvgIpc) is 2.50. The van der Waals surface area contributed by atoms with Gasteiger partial charge in [0.15, 0.2) is 0 Å². The molecule has 1 aromatic heterocycles. The van der Waals surface area contributed by atoms with Crippen molar-refractivity contribution in [2.75, 3.05) is 11.9 Å². The summed E-state index contributed by atoms with van der Waals surface area (Å²) in [5.74, 6) is 6.35. The van der Waals surface area contributed by atoms with Gasteiger partial charge < -0.3 is 5.32 Å². The van der Waals surface area contributed by atoms with E-state index < -0.39 is 0 Å². The minimum Gasteiger partial charge on any atom is -0.370 e. The molecule has 0 bridgehead atoms. The normalized spacial score (nSPS) is 15.4. The third-order valence-corrected chi connectivity index (χ3v) is 2.05. The molecule has 1 aliphatic heterocycles. The van der Waals surface area contributed by atoms with Crippen molar-refractivity contribution in [1.82, 2.24) is 15.2 Å². The van der Waals surface area contributed by atoms with Crippen molar-refractivity contribution in [1.29, 1.82) is 0 Å². The zero-order valence-corrected chi connectivity index (χ0v) is 6.88. The van der Waals surface area contributed by atoms with Gasteiger partial charge in [-0.25, -0.2) is 4.68 Å². The maximum atomic E-state index is 5.24. The lowest BCUT2D eigenvalue weighted by atomic mass is 10.3. The van der Waals surface area contributed by atoms with Gasteiger partial charge in [-0.2, -0.15) is 5.10 Å². The molecule has 2 rings (SSSR count). The molecule has 0 amide bonds. The number of nitrogens with two attached hydrogens (primary N) is 1. The average molecular weight is 167 g/mol. The second-order valence-corrected chi connectivity index (χ2v) is 2.90. The highest BCUT2D eigenvalue weighted by Gasteiger charge is 2.12. The summed E-state index contributed by atoms with van der Waals surface area (Å²) in [4.78, 5) is 0. The largest absolute Gasteiger partial charge is 0.370 e. The summed E-state index contributed by atoms with van der Waals surface area (Å²) in [5.41, 5.74) is 3.76. The zero-order chi connectivity index (χ0) is 8.39. The summed E-state index contributed by atoms with van der Waals surface area (Å²) < 4.78 is 1.98. The Morgan fingerprint density at radius 3 is 3.50 bits per heavy atom. The predicted octanol–water partition coefficient (Wildman–Crippen LogP) is -0.338. The van der Waals surface area contributed by atoms with Gasteiger partial charge >= 0.3 is 0 Å². The Labute approximate surface area is 70.9 Å². The van der Waals surface area contributed by atoms with E-state index in [2.05, 4.69) is 15.8 Å². The van der Waals surface area contributed by atoms with E-state index >= 15 is 0 Å². The van der Waals surface area contributed by atoms with Crippen molar-refractivity contribution in [3.63, 3.8) is 0 Å². The van der Waals surface area contributed by atoms with Gasteiger partial charge in [0.05, 0.1) is 6.20 Å². The number of nitrogens with one attached hydrogen (secondary N) is 2. The summed E-state index contributed by atoms with van der Waals surface area (Å²) in [6.45, 7) is 2.71. The molecule has 0 atom stereocenters. The highest BCUT2D eigenvalue weighted by atomic mass is 15.3. The van der Waals surface area contributed by atoms with Crippen LogP contribution in [0.5, 0.6) is 0 Å². The van der Waals surface area contributed by atoms with Crippen LogP contribution in [0.2, 0.25) is 0 Å². The number of nitrogens with zero attached hydrogens (tertiary/aromatic N) is 2. The fourth-order valence-corrected chi connectivity index (χ4v) is 1.47. The number of hydrogen-bond donors (Lipinski definition) is 3. The number of hydrogen-bond acceptors (Lipinski definition) is 4. The van der Waals surface area contributed by atoms with E-state index in [-0.39, 0.29) is 0 Å². The molecule has 66 valence electrons. The maximum Gasteiger partial charge on any atom is 0.128 e. The second-order valence-electron chi connectivity index (χ2n) is 2.90. The van der Waals surface area contributed by atoms with Crippen LogP contribution < -0.4 is 16.6 Å². The van der Waals surface area contributed by atoms with Gasteiger partial charge in [0.1, 0.15) is 5.82 Å². The number of anilines is 1. The van der Waals surface area contributed by atoms with Crippen LogP contribution in [0, 0.1) is 0 Å². The lowest BCUT2D eigenvalue weighted by Crippen LogP contribution is -2.23. The molecular weight excluding hydrogens is 154 g/mol. The molecule has 0 saturated carbocycles. The van der Waals surface area contributed by atoms with Crippen LogP contribution in [0.4, 0.5) is 5.82 Å². The Bertz CT molecular complexity index is 267. The fourth-order valence-electron chi connectivity index (χ4n) is 1.47. The number of aryl methyl sites for hydroxylation is 1. The third-order valence-electron chi connectivity index (χ3n) is 2.05. The van der Waals surface area contributed by atoms with Crippen LogP contribution in [0.3, 0.4) is 0 Å². The molecule has 12 heavy (non-hydrogen) atoms. The molecule has 5 nitrogen and oxygen atoms in total. The van der Waals surface area contributed by atoms with Crippen LogP contribution in [-0.4, -0.2) is 16.3 Å². The standard InChI is InChI=1S/C7H13N5/c8-10-4-6-5-11-12-3-1-2-9-7(6)12/h5,9-10H,1-4,8H2. The van der Waals surface area contributed by atoms with Gasteiger partial charge in [-0.3, -0.25) is 11.3 Å². The lowest BCUT2D eigenvalue weighted by molar-refractivity contribution is 0.566. The Hall–Kier alpha value is -1.07. The Morgan fingerprint density at radius 1 is 1.75 bits per heavy atom. The first-order valence-corrected chi connectivity index (χ1v) is 4.14. The molecule has 0 radical (unpaired) electrons. The van der Waals surface area contributed by atoms with E-state index in [0.717, 1.165) is 30.9 Å².